The van der Waals surface area contributed by atoms with Gasteiger partial charge in [0, 0.05) is 15.9 Å². The number of nitrogens with one attached hydrogen (secondary N) is 1. The average Bonchev–Trinajstić information content (AvgIpc) is 2.73. The monoisotopic (exact) mass is 291 g/mol. The molecule has 1 aromatic heterocycles. The van der Waals surface area contributed by atoms with Crippen molar-refractivity contribution in [3.63, 3.8) is 0 Å². The summed E-state index contributed by atoms with van der Waals surface area (Å²) in [6.45, 7) is 5.28. The Kier molecular flexibility index (Phi) is 2.47. The molecule has 4 heteroatoms. The molecular formula is C13H14BrN3. The molecular weight excluding hydrogens is 278 g/mol. The summed E-state index contributed by atoms with van der Waals surface area (Å²) < 4.78 is 1.09. The van der Waals surface area contributed by atoms with Gasteiger partial charge in [0.15, 0.2) is 0 Å². The van der Waals surface area contributed by atoms with Gasteiger partial charge in [-0.3, -0.25) is 4.98 Å². The molecule has 1 aromatic carbocycles. The lowest BCUT2D eigenvalue weighted by Gasteiger charge is -2.23. The van der Waals surface area contributed by atoms with Crippen molar-refractivity contribution in [3.05, 3.63) is 28.9 Å². The molecule has 2 aromatic rings. The molecule has 0 atom stereocenters. The number of benzene rings is 1. The number of hydrogen-bond acceptors (Lipinski definition) is 3. The van der Waals surface area contributed by atoms with Crippen LogP contribution in [0, 0.1) is 0 Å². The predicted molar refractivity (Wildman–Crippen MR) is 75.5 cm³/mol. The molecule has 0 amide bonds. The maximum Gasteiger partial charge on any atom is 0.0881 e. The van der Waals surface area contributed by atoms with Crippen LogP contribution >= 0.6 is 15.9 Å². The van der Waals surface area contributed by atoms with E-state index in [-0.39, 0.29) is 0 Å². The van der Waals surface area contributed by atoms with Crippen LogP contribution in [-0.2, 0) is 0 Å². The zero-order valence-corrected chi connectivity index (χ0v) is 11.5. The van der Waals surface area contributed by atoms with Gasteiger partial charge in [0.1, 0.15) is 0 Å². The molecule has 0 bridgehead atoms. The zero-order chi connectivity index (χ0) is 12.0. The Hall–Kier alpha value is -1.29. The summed E-state index contributed by atoms with van der Waals surface area (Å²) in [5, 5.41) is 4.60. The van der Waals surface area contributed by atoms with E-state index in [2.05, 4.69) is 57.1 Å². The van der Waals surface area contributed by atoms with Crippen LogP contribution in [0.25, 0.3) is 10.9 Å². The van der Waals surface area contributed by atoms with Crippen molar-refractivity contribution in [2.24, 2.45) is 0 Å². The topological polar surface area (TPSA) is 28.2 Å². The second-order valence-corrected chi connectivity index (χ2v) is 5.50. The summed E-state index contributed by atoms with van der Waals surface area (Å²) >= 11 is 3.53. The minimum absolute atomic E-state index is 0.480. The Labute approximate surface area is 109 Å². The number of aromatic nitrogens is 1. The first-order chi connectivity index (χ1) is 8.16. The maximum absolute atomic E-state index is 4.48. The molecule has 0 saturated carbocycles. The van der Waals surface area contributed by atoms with Crippen LogP contribution in [0.1, 0.15) is 13.8 Å². The molecule has 0 radical (unpaired) electrons. The first kappa shape index (κ1) is 10.8. The van der Waals surface area contributed by atoms with E-state index in [4.69, 9.17) is 0 Å². The van der Waals surface area contributed by atoms with Gasteiger partial charge in [0.2, 0.25) is 0 Å². The van der Waals surface area contributed by atoms with Crippen molar-refractivity contribution in [2.75, 3.05) is 16.9 Å². The van der Waals surface area contributed by atoms with E-state index in [0.717, 1.165) is 22.3 Å². The second-order valence-electron chi connectivity index (χ2n) is 4.58. The summed E-state index contributed by atoms with van der Waals surface area (Å²) in [7, 11) is 0. The van der Waals surface area contributed by atoms with Gasteiger partial charge in [-0.25, -0.2) is 0 Å². The first-order valence-corrected chi connectivity index (χ1v) is 6.55. The summed E-state index contributed by atoms with van der Waals surface area (Å²) in [6, 6.07) is 6.71. The molecule has 17 heavy (non-hydrogen) atoms. The van der Waals surface area contributed by atoms with Crippen LogP contribution in [0.3, 0.4) is 0 Å². The quantitative estimate of drug-likeness (QED) is 0.870. The van der Waals surface area contributed by atoms with E-state index < -0.39 is 0 Å². The van der Waals surface area contributed by atoms with Crippen molar-refractivity contribution in [2.45, 2.75) is 19.9 Å². The third-order valence-electron chi connectivity index (χ3n) is 3.15. The average molecular weight is 292 g/mol. The fourth-order valence-corrected chi connectivity index (χ4v) is 2.64. The Balaban J connectivity index is 2.30. The number of hydrogen-bond donors (Lipinski definition) is 1. The highest BCUT2D eigenvalue weighted by Crippen LogP contribution is 2.39. The second kappa shape index (κ2) is 3.88. The van der Waals surface area contributed by atoms with Crippen LogP contribution in [0.15, 0.2) is 28.9 Å². The molecule has 88 valence electrons. The molecule has 0 fully saturated rings. The van der Waals surface area contributed by atoms with E-state index >= 15 is 0 Å². The van der Waals surface area contributed by atoms with E-state index in [1.54, 1.807) is 0 Å². The molecule has 1 aliphatic rings. The smallest absolute Gasteiger partial charge is 0.0881 e. The van der Waals surface area contributed by atoms with Gasteiger partial charge in [-0.1, -0.05) is 15.9 Å². The normalized spacial score (nSPS) is 14.2. The van der Waals surface area contributed by atoms with Gasteiger partial charge in [0.25, 0.3) is 0 Å². The first-order valence-electron chi connectivity index (χ1n) is 5.75. The van der Waals surface area contributed by atoms with Gasteiger partial charge in [-0.15, -0.1) is 0 Å². The number of halogens is 1. The SMILES string of the molecule is CC(C)N1CNc2cnc3ccc(Br)cc3c21. The van der Waals surface area contributed by atoms with Crippen molar-refractivity contribution in [1.82, 2.24) is 4.98 Å². The Morgan fingerprint density at radius 2 is 2.24 bits per heavy atom. The van der Waals surface area contributed by atoms with E-state index in [9.17, 15) is 0 Å². The largest absolute Gasteiger partial charge is 0.365 e. The lowest BCUT2D eigenvalue weighted by molar-refractivity contribution is 0.729. The predicted octanol–water partition coefficient (Wildman–Crippen LogP) is 3.60. The van der Waals surface area contributed by atoms with Crippen molar-refractivity contribution >= 4 is 38.2 Å². The van der Waals surface area contributed by atoms with Gasteiger partial charge >= 0.3 is 0 Å². The number of pyridine rings is 1. The minimum atomic E-state index is 0.480. The number of rotatable bonds is 1. The highest BCUT2D eigenvalue weighted by molar-refractivity contribution is 9.10. The molecule has 2 heterocycles. The van der Waals surface area contributed by atoms with Crippen LogP contribution in [0.5, 0.6) is 0 Å². The van der Waals surface area contributed by atoms with Crippen LogP contribution in [0.2, 0.25) is 0 Å². The molecule has 0 aliphatic carbocycles. The van der Waals surface area contributed by atoms with E-state index in [1.807, 2.05) is 12.3 Å². The lowest BCUT2D eigenvalue weighted by atomic mass is 10.1. The summed E-state index contributed by atoms with van der Waals surface area (Å²) in [5.74, 6) is 0. The van der Waals surface area contributed by atoms with Crippen molar-refractivity contribution in [3.8, 4) is 0 Å². The molecule has 1 aliphatic heterocycles. The van der Waals surface area contributed by atoms with Gasteiger partial charge in [0.05, 0.1) is 29.8 Å². The fourth-order valence-electron chi connectivity index (χ4n) is 2.28. The lowest BCUT2D eigenvalue weighted by Crippen LogP contribution is -2.30. The molecule has 1 N–H and O–H groups in total. The third-order valence-corrected chi connectivity index (χ3v) is 3.65. The van der Waals surface area contributed by atoms with Gasteiger partial charge in [-0.2, -0.15) is 0 Å². The van der Waals surface area contributed by atoms with Crippen molar-refractivity contribution < 1.29 is 0 Å². The van der Waals surface area contributed by atoms with Gasteiger partial charge < -0.3 is 10.2 Å². The number of anilines is 2. The Morgan fingerprint density at radius 3 is 3.00 bits per heavy atom. The van der Waals surface area contributed by atoms with Crippen LogP contribution in [-0.4, -0.2) is 17.7 Å². The Bertz CT molecular complexity index is 580. The minimum Gasteiger partial charge on any atom is -0.365 e. The van der Waals surface area contributed by atoms with Gasteiger partial charge in [-0.05, 0) is 32.0 Å². The summed E-state index contributed by atoms with van der Waals surface area (Å²) in [5.41, 5.74) is 3.44. The van der Waals surface area contributed by atoms with Crippen LogP contribution in [0.4, 0.5) is 11.4 Å². The van der Waals surface area contributed by atoms with Crippen LogP contribution < -0.4 is 10.2 Å². The molecule has 0 unspecified atom stereocenters. The highest BCUT2D eigenvalue weighted by Gasteiger charge is 2.23. The number of fused-ring (bicyclic) bond motifs is 3. The third kappa shape index (κ3) is 1.67. The summed E-state index contributed by atoms with van der Waals surface area (Å²) in [4.78, 5) is 6.84. The zero-order valence-electron chi connectivity index (χ0n) is 9.87. The highest BCUT2D eigenvalue weighted by atomic mass is 79.9. The van der Waals surface area contributed by atoms with Crippen molar-refractivity contribution in [1.29, 1.82) is 0 Å². The summed E-state index contributed by atoms with van der Waals surface area (Å²) in [6.07, 6.45) is 1.92. The van der Waals surface area contributed by atoms with E-state index in [1.165, 1.54) is 11.1 Å². The van der Waals surface area contributed by atoms with E-state index in [0.29, 0.717) is 6.04 Å². The molecule has 3 rings (SSSR count). The molecule has 0 spiro atoms. The number of nitrogens with zero attached hydrogens (tertiary/aromatic N) is 2. The fraction of sp³-hybridized carbons (Fsp3) is 0.308. The Morgan fingerprint density at radius 1 is 1.41 bits per heavy atom. The molecule has 0 saturated heterocycles. The molecule has 3 nitrogen and oxygen atoms in total. The standard InChI is InChI=1S/C13H14BrN3/c1-8(2)17-7-16-12-6-15-11-4-3-9(14)5-10(11)13(12)17/h3-6,8,16H,7H2,1-2H3. The maximum atomic E-state index is 4.48.